The molecule has 0 amide bonds. The Morgan fingerprint density at radius 2 is 1.68 bits per heavy atom. The standard InChI is InChI=1S/C18H17NO2S/c1-12-16(13-8-5-4-6-9-13)19-18(22-12)14-10-7-11-15(20-2)17(14)21-3/h4-11H,1-3H3. The Labute approximate surface area is 134 Å². The van der Waals surface area contributed by atoms with Gasteiger partial charge in [-0.05, 0) is 19.1 Å². The van der Waals surface area contributed by atoms with Crippen molar-refractivity contribution in [3.05, 3.63) is 53.4 Å². The van der Waals surface area contributed by atoms with Gasteiger partial charge in [-0.15, -0.1) is 11.3 Å². The fourth-order valence-corrected chi connectivity index (χ4v) is 3.39. The lowest BCUT2D eigenvalue weighted by Crippen LogP contribution is -1.92. The summed E-state index contributed by atoms with van der Waals surface area (Å²) in [5.41, 5.74) is 3.10. The smallest absolute Gasteiger partial charge is 0.170 e. The van der Waals surface area contributed by atoms with Gasteiger partial charge in [-0.25, -0.2) is 4.98 Å². The minimum Gasteiger partial charge on any atom is -0.493 e. The van der Waals surface area contributed by atoms with Gasteiger partial charge < -0.3 is 9.47 Å². The normalized spacial score (nSPS) is 10.5. The third-order valence-electron chi connectivity index (χ3n) is 3.48. The first-order chi connectivity index (χ1) is 10.7. The Bertz CT molecular complexity index is 781. The Hall–Kier alpha value is -2.33. The number of aromatic nitrogens is 1. The fourth-order valence-electron chi connectivity index (χ4n) is 2.43. The molecule has 0 aliphatic rings. The monoisotopic (exact) mass is 311 g/mol. The molecule has 0 bridgehead atoms. The van der Waals surface area contributed by atoms with E-state index in [1.54, 1.807) is 25.6 Å². The Kier molecular flexibility index (Phi) is 4.11. The van der Waals surface area contributed by atoms with Crippen LogP contribution in [-0.2, 0) is 0 Å². The summed E-state index contributed by atoms with van der Waals surface area (Å²) in [5.74, 6) is 1.44. The minimum atomic E-state index is 0.717. The summed E-state index contributed by atoms with van der Waals surface area (Å²) >= 11 is 1.66. The van der Waals surface area contributed by atoms with Gasteiger partial charge in [0, 0.05) is 10.4 Å². The predicted octanol–water partition coefficient (Wildman–Crippen LogP) is 4.80. The Morgan fingerprint density at radius 3 is 2.36 bits per heavy atom. The second-order valence-corrected chi connectivity index (χ2v) is 6.03. The lowest BCUT2D eigenvalue weighted by Gasteiger charge is -2.10. The van der Waals surface area contributed by atoms with Crippen LogP contribution < -0.4 is 9.47 Å². The number of hydrogen-bond donors (Lipinski definition) is 0. The van der Waals surface area contributed by atoms with E-state index in [-0.39, 0.29) is 0 Å². The average Bonchev–Trinajstić information content (AvgIpc) is 2.96. The third kappa shape index (κ3) is 2.57. The molecule has 0 aliphatic heterocycles. The first-order valence-corrected chi connectivity index (χ1v) is 7.80. The molecule has 3 nitrogen and oxygen atoms in total. The van der Waals surface area contributed by atoms with E-state index in [4.69, 9.17) is 14.5 Å². The zero-order chi connectivity index (χ0) is 15.5. The van der Waals surface area contributed by atoms with Gasteiger partial charge in [-0.3, -0.25) is 0 Å². The summed E-state index contributed by atoms with van der Waals surface area (Å²) in [5, 5.41) is 0.937. The summed E-state index contributed by atoms with van der Waals surface area (Å²) in [4.78, 5) is 6.00. The summed E-state index contributed by atoms with van der Waals surface area (Å²) in [6.07, 6.45) is 0. The van der Waals surface area contributed by atoms with Crippen molar-refractivity contribution in [1.82, 2.24) is 4.98 Å². The molecule has 0 unspecified atom stereocenters. The molecule has 3 aromatic rings. The van der Waals surface area contributed by atoms with Crippen molar-refractivity contribution in [3.8, 4) is 33.3 Å². The van der Waals surface area contributed by atoms with E-state index in [9.17, 15) is 0 Å². The van der Waals surface area contributed by atoms with Crippen LogP contribution in [0.25, 0.3) is 21.8 Å². The predicted molar refractivity (Wildman–Crippen MR) is 90.8 cm³/mol. The number of methoxy groups -OCH3 is 2. The quantitative estimate of drug-likeness (QED) is 0.693. The van der Waals surface area contributed by atoms with Gasteiger partial charge in [-0.1, -0.05) is 36.4 Å². The molecule has 4 heteroatoms. The van der Waals surface area contributed by atoms with E-state index in [0.717, 1.165) is 27.6 Å². The molecule has 0 saturated heterocycles. The van der Waals surface area contributed by atoms with Crippen molar-refractivity contribution in [1.29, 1.82) is 0 Å². The minimum absolute atomic E-state index is 0.717. The lowest BCUT2D eigenvalue weighted by molar-refractivity contribution is 0.356. The molecule has 0 radical (unpaired) electrons. The van der Waals surface area contributed by atoms with E-state index in [0.29, 0.717) is 5.75 Å². The van der Waals surface area contributed by atoms with Crippen LogP contribution in [0.15, 0.2) is 48.5 Å². The molecule has 0 N–H and O–H groups in total. The van der Waals surface area contributed by atoms with E-state index in [1.807, 2.05) is 36.4 Å². The van der Waals surface area contributed by atoms with Gasteiger partial charge in [-0.2, -0.15) is 0 Å². The molecule has 0 atom stereocenters. The summed E-state index contributed by atoms with van der Waals surface area (Å²) < 4.78 is 10.9. The van der Waals surface area contributed by atoms with Crippen LogP contribution in [0.3, 0.4) is 0 Å². The third-order valence-corrected chi connectivity index (χ3v) is 4.48. The number of thiazole rings is 1. The number of benzene rings is 2. The first-order valence-electron chi connectivity index (χ1n) is 6.98. The highest BCUT2D eigenvalue weighted by Gasteiger charge is 2.17. The SMILES string of the molecule is COc1cccc(-c2nc(-c3ccccc3)c(C)s2)c1OC. The molecule has 0 saturated carbocycles. The molecule has 112 valence electrons. The van der Waals surface area contributed by atoms with Gasteiger partial charge in [0.25, 0.3) is 0 Å². The van der Waals surface area contributed by atoms with Crippen LogP contribution in [0.2, 0.25) is 0 Å². The summed E-state index contributed by atoms with van der Waals surface area (Å²) in [6.45, 7) is 2.09. The van der Waals surface area contributed by atoms with Crippen molar-refractivity contribution in [2.45, 2.75) is 6.92 Å². The van der Waals surface area contributed by atoms with Crippen LogP contribution in [0, 0.1) is 6.92 Å². The fraction of sp³-hybridized carbons (Fsp3) is 0.167. The van der Waals surface area contributed by atoms with Crippen molar-refractivity contribution in [3.63, 3.8) is 0 Å². The maximum Gasteiger partial charge on any atom is 0.170 e. The molecule has 1 heterocycles. The average molecular weight is 311 g/mol. The second kappa shape index (κ2) is 6.20. The van der Waals surface area contributed by atoms with Gasteiger partial charge in [0.2, 0.25) is 0 Å². The number of rotatable bonds is 4. The van der Waals surface area contributed by atoms with E-state index in [2.05, 4.69) is 19.1 Å². The van der Waals surface area contributed by atoms with Crippen LogP contribution in [0.5, 0.6) is 11.5 Å². The zero-order valence-corrected chi connectivity index (χ0v) is 13.6. The molecular weight excluding hydrogens is 294 g/mol. The number of ether oxygens (including phenoxy) is 2. The highest BCUT2D eigenvalue weighted by atomic mass is 32.1. The number of para-hydroxylation sites is 1. The largest absolute Gasteiger partial charge is 0.493 e. The molecule has 0 aliphatic carbocycles. The van der Waals surface area contributed by atoms with Crippen molar-refractivity contribution >= 4 is 11.3 Å². The Balaban J connectivity index is 2.11. The summed E-state index contributed by atoms with van der Waals surface area (Å²) in [7, 11) is 3.30. The maximum absolute atomic E-state index is 5.52. The van der Waals surface area contributed by atoms with Gasteiger partial charge >= 0.3 is 0 Å². The molecule has 1 aromatic heterocycles. The molecular formula is C18H17NO2S. The topological polar surface area (TPSA) is 31.4 Å². The molecule has 2 aromatic carbocycles. The highest BCUT2D eigenvalue weighted by molar-refractivity contribution is 7.15. The molecule has 3 rings (SSSR count). The summed E-state index contributed by atoms with van der Waals surface area (Å²) in [6, 6.07) is 16.1. The molecule has 0 spiro atoms. The Morgan fingerprint density at radius 1 is 0.909 bits per heavy atom. The highest BCUT2D eigenvalue weighted by Crippen LogP contribution is 2.41. The van der Waals surface area contributed by atoms with Crippen molar-refractivity contribution in [2.24, 2.45) is 0 Å². The first kappa shape index (κ1) is 14.6. The van der Waals surface area contributed by atoms with Crippen molar-refractivity contribution in [2.75, 3.05) is 14.2 Å². The van der Waals surface area contributed by atoms with Crippen molar-refractivity contribution < 1.29 is 9.47 Å². The van der Waals surface area contributed by atoms with Crippen LogP contribution in [-0.4, -0.2) is 19.2 Å². The van der Waals surface area contributed by atoms with E-state index >= 15 is 0 Å². The van der Waals surface area contributed by atoms with E-state index < -0.39 is 0 Å². The zero-order valence-electron chi connectivity index (χ0n) is 12.8. The molecule has 0 fully saturated rings. The maximum atomic E-state index is 5.52. The number of hydrogen-bond acceptors (Lipinski definition) is 4. The van der Waals surface area contributed by atoms with Gasteiger partial charge in [0.1, 0.15) is 5.01 Å². The van der Waals surface area contributed by atoms with Crippen LogP contribution in [0.1, 0.15) is 4.88 Å². The number of nitrogens with zero attached hydrogens (tertiary/aromatic N) is 1. The van der Waals surface area contributed by atoms with Gasteiger partial charge in [0.15, 0.2) is 11.5 Å². The number of aryl methyl sites for hydroxylation is 1. The van der Waals surface area contributed by atoms with Gasteiger partial charge in [0.05, 0.1) is 25.5 Å². The van der Waals surface area contributed by atoms with Crippen LogP contribution >= 0.6 is 11.3 Å². The lowest BCUT2D eigenvalue weighted by atomic mass is 10.1. The van der Waals surface area contributed by atoms with Crippen LogP contribution in [0.4, 0.5) is 0 Å². The second-order valence-electron chi connectivity index (χ2n) is 4.83. The molecule has 22 heavy (non-hydrogen) atoms. The van der Waals surface area contributed by atoms with E-state index in [1.165, 1.54) is 4.88 Å².